The Morgan fingerprint density at radius 3 is 2.29 bits per heavy atom. The van der Waals surface area contributed by atoms with E-state index in [4.69, 9.17) is 0 Å². The van der Waals surface area contributed by atoms with Crippen molar-refractivity contribution in [3.63, 3.8) is 0 Å². The second kappa shape index (κ2) is 11.5. The quantitative estimate of drug-likeness (QED) is 0.489. The van der Waals surface area contributed by atoms with Gasteiger partial charge in [0.15, 0.2) is 5.82 Å². The summed E-state index contributed by atoms with van der Waals surface area (Å²) in [7, 11) is -2.85. The Morgan fingerprint density at radius 2 is 1.60 bits per heavy atom. The standard InChI is InChI=1S/C25H26N4O3S.2ClH/c30-25(29-20-7-5-17(6-8-20)24-26-11-2-12-27-24)19-4-1-3-18(15-19)22-16-23(22)28-21-9-13-33(31,32)14-10-21;;/h1-8,11-12,15,21-23,28H,9-10,13-14,16H2,(H,29,30);2*1H. The highest BCUT2D eigenvalue weighted by atomic mass is 35.5. The molecule has 186 valence electrons. The number of rotatable bonds is 6. The van der Waals surface area contributed by atoms with Gasteiger partial charge in [-0.15, -0.1) is 24.8 Å². The minimum Gasteiger partial charge on any atom is -0.322 e. The third-order valence-electron chi connectivity index (χ3n) is 6.34. The lowest BCUT2D eigenvalue weighted by molar-refractivity contribution is 0.102. The average Bonchev–Trinajstić information content (AvgIpc) is 3.61. The zero-order valence-electron chi connectivity index (χ0n) is 19.0. The van der Waals surface area contributed by atoms with E-state index in [2.05, 4.69) is 26.7 Å². The van der Waals surface area contributed by atoms with Crippen LogP contribution in [-0.2, 0) is 9.84 Å². The molecule has 1 amide bonds. The summed E-state index contributed by atoms with van der Waals surface area (Å²) in [5, 5.41) is 6.57. The molecule has 2 heterocycles. The molecule has 2 aromatic carbocycles. The van der Waals surface area contributed by atoms with Crippen LogP contribution in [0.1, 0.15) is 41.1 Å². The molecule has 10 heteroatoms. The molecule has 5 rings (SSSR count). The predicted octanol–water partition coefficient (Wildman–Crippen LogP) is 4.26. The highest BCUT2D eigenvalue weighted by Crippen LogP contribution is 2.41. The van der Waals surface area contributed by atoms with Crippen LogP contribution in [0.15, 0.2) is 67.0 Å². The molecule has 2 N–H and O–H groups in total. The maximum Gasteiger partial charge on any atom is 0.255 e. The number of carbonyl (C=O) groups is 1. The second-order valence-electron chi connectivity index (χ2n) is 8.77. The van der Waals surface area contributed by atoms with E-state index in [0.29, 0.717) is 41.9 Å². The van der Waals surface area contributed by atoms with E-state index in [-0.39, 0.29) is 48.3 Å². The third kappa shape index (κ3) is 6.79. The summed E-state index contributed by atoms with van der Waals surface area (Å²) < 4.78 is 23.3. The molecule has 1 aliphatic heterocycles. The monoisotopic (exact) mass is 534 g/mol. The predicted molar refractivity (Wildman–Crippen MR) is 142 cm³/mol. The van der Waals surface area contributed by atoms with Crippen molar-refractivity contribution in [3.05, 3.63) is 78.1 Å². The van der Waals surface area contributed by atoms with Gasteiger partial charge in [0.05, 0.1) is 11.5 Å². The molecule has 3 aromatic rings. The van der Waals surface area contributed by atoms with E-state index in [1.807, 2.05) is 42.5 Å². The van der Waals surface area contributed by atoms with Gasteiger partial charge in [-0.05, 0) is 67.3 Å². The van der Waals surface area contributed by atoms with E-state index in [1.54, 1.807) is 18.5 Å². The van der Waals surface area contributed by atoms with Gasteiger partial charge in [-0.2, -0.15) is 0 Å². The molecular formula is C25H28Cl2N4O3S. The van der Waals surface area contributed by atoms with Crippen molar-refractivity contribution in [1.82, 2.24) is 15.3 Å². The third-order valence-corrected chi connectivity index (χ3v) is 8.05. The summed E-state index contributed by atoms with van der Waals surface area (Å²) in [5.41, 5.74) is 3.36. The molecule has 1 saturated carbocycles. The number of hydrogen-bond acceptors (Lipinski definition) is 6. The lowest BCUT2D eigenvalue weighted by Gasteiger charge is -2.23. The Kier molecular flexibility index (Phi) is 8.88. The van der Waals surface area contributed by atoms with Crippen LogP contribution >= 0.6 is 24.8 Å². The maximum absolute atomic E-state index is 12.8. The number of nitrogens with one attached hydrogen (secondary N) is 2. The molecule has 35 heavy (non-hydrogen) atoms. The SMILES string of the molecule is Cl.Cl.O=C(Nc1ccc(-c2ncccn2)cc1)c1cccc(C2CC2NC2CCS(=O)(=O)CC2)c1. The van der Waals surface area contributed by atoms with Crippen LogP contribution in [0, 0.1) is 0 Å². The first-order valence-electron chi connectivity index (χ1n) is 11.2. The van der Waals surface area contributed by atoms with E-state index in [9.17, 15) is 13.2 Å². The van der Waals surface area contributed by atoms with Crippen LogP contribution < -0.4 is 10.6 Å². The summed E-state index contributed by atoms with van der Waals surface area (Å²) in [5.74, 6) is 1.41. The molecule has 0 spiro atoms. The van der Waals surface area contributed by atoms with Crippen LogP contribution in [0.4, 0.5) is 5.69 Å². The van der Waals surface area contributed by atoms with Crippen molar-refractivity contribution >= 4 is 46.2 Å². The first kappa shape index (κ1) is 27.1. The van der Waals surface area contributed by atoms with Crippen molar-refractivity contribution in [3.8, 4) is 11.4 Å². The van der Waals surface area contributed by atoms with Gasteiger partial charge in [-0.25, -0.2) is 18.4 Å². The highest BCUT2D eigenvalue weighted by Gasteiger charge is 2.40. The van der Waals surface area contributed by atoms with Crippen molar-refractivity contribution in [2.45, 2.75) is 37.3 Å². The van der Waals surface area contributed by atoms with Crippen LogP contribution in [0.25, 0.3) is 11.4 Å². The molecule has 7 nitrogen and oxygen atoms in total. The van der Waals surface area contributed by atoms with Gasteiger partial charge in [0.25, 0.3) is 5.91 Å². The van der Waals surface area contributed by atoms with Crippen molar-refractivity contribution < 1.29 is 13.2 Å². The van der Waals surface area contributed by atoms with E-state index >= 15 is 0 Å². The molecular weight excluding hydrogens is 507 g/mol. The van der Waals surface area contributed by atoms with Crippen LogP contribution in [0.3, 0.4) is 0 Å². The number of anilines is 1. The molecule has 2 unspecified atom stereocenters. The topological polar surface area (TPSA) is 101 Å². The smallest absolute Gasteiger partial charge is 0.255 e. The lowest BCUT2D eigenvalue weighted by Crippen LogP contribution is -2.39. The van der Waals surface area contributed by atoms with Gasteiger partial charge in [-0.3, -0.25) is 4.79 Å². The van der Waals surface area contributed by atoms with Crippen molar-refractivity contribution in [2.24, 2.45) is 0 Å². The van der Waals surface area contributed by atoms with E-state index in [1.165, 1.54) is 0 Å². The van der Waals surface area contributed by atoms with E-state index < -0.39 is 9.84 Å². The van der Waals surface area contributed by atoms with E-state index in [0.717, 1.165) is 17.5 Å². The van der Waals surface area contributed by atoms with Gasteiger partial charge in [-0.1, -0.05) is 12.1 Å². The Labute approximate surface area is 217 Å². The number of benzene rings is 2. The van der Waals surface area contributed by atoms with Gasteiger partial charge < -0.3 is 10.6 Å². The summed E-state index contributed by atoms with van der Waals surface area (Å²) in [6, 6.07) is 17.6. The van der Waals surface area contributed by atoms with Crippen LogP contribution in [0.2, 0.25) is 0 Å². The average molecular weight is 535 g/mol. The lowest BCUT2D eigenvalue weighted by atomic mass is 10.1. The van der Waals surface area contributed by atoms with Gasteiger partial charge in [0.2, 0.25) is 0 Å². The van der Waals surface area contributed by atoms with Gasteiger partial charge in [0.1, 0.15) is 9.84 Å². The Bertz CT molecular complexity index is 1240. The summed E-state index contributed by atoms with van der Waals surface area (Å²) in [6.07, 6.45) is 5.78. The number of amides is 1. The molecule has 2 fully saturated rings. The van der Waals surface area contributed by atoms with Gasteiger partial charge in [0, 0.05) is 47.2 Å². The largest absolute Gasteiger partial charge is 0.322 e. The zero-order chi connectivity index (χ0) is 22.8. The van der Waals surface area contributed by atoms with Crippen LogP contribution in [-0.4, -0.2) is 47.9 Å². The number of carbonyl (C=O) groups excluding carboxylic acids is 1. The van der Waals surface area contributed by atoms with Gasteiger partial charge >= 0.3 is 0 Å². The normalized spacial score (nSPS) is 20.7. The molecule has 1 saturated heterocycles. The summed E-state index contributed by atoms with van der Waals surface area (Å²) in [6.45, 7) is 0. The fourth-order valence-corrected chi connectivity index (χ4v) is 5.86. The number of nitrogens with zero attached hydrogens (tertiary/aromatic N) is 2. The fraction of sp³-hybridized carbons (Fsp3) is 0.320. The first-order chi connectivity index (χ1) is 16.0. The molecule has 0 radical (unpaired) electrons. The molecule has 2 atom stereocenters. The second-order valence-corrected chi connectivity index (χ2v) is 11.1. The highest BCUT2D eigenvalue weighted by molar-refractivity contribution is 7.91. The number of hydrogen-bond donors (Lipinski definition) is 2. The number of halogens is 2. The first-order valence-corrected chi connectivity index (χ1v) is 13.0. The summed E-state index contributed by atoms with van der Waals surface area (Å²) in [4.78, 5) is 21.3. The number of aromatic nitrogens is 2. The minimum atomic E-state index is -2.85. The van der Waals surface area contributed by atoms with Crippen molar-refractivity contribution in [1.29, 1.82) is 0 Å². The molecule has 0 bridgehead atoms. The van der Waals surface area contributed by atoms with Crippen molar-refractivity contribution in [2.75, 3.05) is 16.8 Å². The molecule has 2 aliphatic rings. The molecule has 1 aliphatic carbocycles. The Hall–Kier alpha value is -2.52. The zero-order valence-corrected chi connectivity index (χ0v) is 21.4. The molecule has 1 aromatic heterocycles. The Morgan fingerprint density at radius 1 is 0.914 bits per heavy atom. The van der Waals surface area contributed by atoms with Crippen LogP contribution in [0.5, 0.6) is 0 Å². The minimum absolute atomic E-state index is 0. The number of sulfone groups is 1. The fourth-order valence-electron chi connectivity index (χ4n) is 4.37. The Balaban J connectivity index is 0.00000171. The maximum atomic E-state index is 12.8. The summed E-state index contributed by atoms with van der Waals surface area (Å²) >= 11 is 0.